The Morgan fingerprint density at radius 1 is 0.966 bits per heavy atom. The molecule has 0 atom stereocenters. The fraction of sp³-hybridized carbons (Fsp3) is 0.158. The lowest BCUT2D eigenvalue weighted by Crippen LogP contribution is -2.28. The Bertz CT molecular complexity index is 1130. The van der Waals surface area contributed by atoms with Gasteiger partial charge in [0.05, 0.1) is 11.7 Å². The van der Waals surface area contributed by atoms with Gasteiger partial charge in [-0.3, -0.25) is 4.79 Å². The Labute approximate surface area is 171 Å². The lowest BCUT2D eigenvalue weighted by molar-refractivity contribution is 0.0955. The van der Waals surface area contributed by atoms with Gasteiger partial charge in [-0.1, -0.05) is 6.07 Å². The summed E-state index contributed by atoms with van der Waals surface area (Å²) in [5, 5.41) is 9.22. The fourth-order valence-electron chi connectivity index (χ4n) is 2.68. The van der Waals surface area contributed by atoms with E-state index in [-0.39, 0.29) is 5.91 Å². The topological polar surface area (TPSA) is 118 Å². The van der Waals surface area contributed by atoms with Gasteiger partial charge in [0.25, 0.3) is 5.91 Å². The van der Waals surface area contributed by atoms with Crippen molar-refractivity contribution >= 4 is 46.1 Å². The van der Waals surface area contributed by atoms with Crippen molar-refractivity contribution in [3.63, 3.8) is 0 Å². The molecule has 3 aromatic heterocycles. The summed E-state index contributed by atoms with van der Waals surface area (Å²) < 4.78 is 8.29. The molecule has 0 aliphatic heterocycles. The zero-order valence-corrected chi connectivity index (χ0v) is 16.4. The molecule has 0 saturated heterocycles. The summed E-state index contributed by atoms with van der Waals surface area (Å²) in [6, 6.07) is 12.7. The zero-order valence-electron chi connectivity index (χ0n) is 15.6. The molecule has 0 aliphatic carbocycles. The molecule has 4 aromatic rings. The normalized spacial score (nSPS) is 10.7. The van der Waals surface area contributed by atoms with Gasteiger partial charge in [-0.05, 0) is 37.3 Å². The van der Waals surface area contributed by atoms with Gasteiger partial charge in [-0.15, -0.1) is 0 Å². The molecule has 10 heteroatoms. The van der Waals surface area contributed by atoms with Crippen molar-refractivity contribution in [3.05, 3.63) is 60.0 Å². The monoisotopic (exact) mass is 406 g/mol. The van der Waals surface area contributed by atoms with Crippen LogP contribution in [-0.4, -0.2) is 42.7 Å². The summed E-state index contributed by atoms with van der Waals surface area (Å²) in [5.74, 6) is 2.49. The van der Waals surface area contributed by atoms with Crippen molar-refractivity contribution in [2.45, 2.75) is 6.92 Å². The SMILES string of the molecule is Cc1nc(NCCNC(=O)c2ccc3nsnc3c2)cc(Nc2ccccn2)n1. The predicted molar refractivity (Wildman–Crippen MR) is 113 cm³/mol. The molecule has 1 aromatic carbocycles. The first-order valence-electron chi connectivity index (χ1n) is 8.95. The molecule has 146 valence electrons. The van der Waals surface area contributed by atoms with Crippen molar-refractivity contribution in [3.8, 4) is 0 Å². The first-order valence-corrected chi connectivity index (χ1v) is 9.68. The fourth-order valence-corrected chi connectivity index (χ4v) is 3.20. The minimum Gasteiger partial charge on any atom is -0.368 e. The maximum atomic E-state index is 12.3. The predicted octanol–water partition coefficient (Wildman–Crippen LogP) is 2.77. The standard InChI is InChI=1S/C19H18N8OS/c1-12-23-17(11-18(24-12)25-16-4-2-3-7-20-16)21-8-9-22-19(28)13-5-6-14-15(10-13)27-29-26-14/h2-7,10-11H,8-9H2,1H3,(H,22,28)(H2,20,21,23,24,25). The lowest BCUT2D eigenvalue weighted by Gasteiger charge is -2.10. The molecule has 0 spiro atoms. The molecule has 0 fully saturated rings. The van der Waals surface area contributed by atoms with Gasteiger partial charge in [0.1, 0.15) is 34.3 Å². The van der Waals surface area contributed by atoms with Gasteiger partial charge < -0.3 is 16.0 Å². The number of hydrogen-bond acceptors (Lipinski definition) is 9. The Morgan fingerprint density at radius 2 is 1.83 bits per heavy atom. The summed E-state index contributed by atoms with van der Waals surface area (Å²) in [4.78, 5) is 25.3. The number of carbonyl (C=O) groups is 1. The molecule has 0 bridgehead atoms. The second kappa shape index (κ2) is 8.57. The van der Waals surface area contributed by atoms with Crippen LogP contribution in [0.3, 0.4) is 0 Å². The molecular weight excluding hydrogens is 388 g/mol. The maximum absolute atomic E-state index is 12.3. The van der Waals surface area contributed by atoms with Crippen LogP contribution >= 0.6 is 11.7 Å². The summed E-state index contributed by atoms with van der Waals surface area (Å²) in [7, 11) is 0. The van der Waals surface area contributed by atoms with Gasteiger partial charge in [0.2, 0.25) is 0 Å². The van der Waals surface area contributed by atoms with Crippen LogP contribution in [0.4, 0.5) is 17.5 Å². The summed E-state index contributed by atoms with van der Waals surface area (Å²) >= 11 is 1.13. The van der Waals surface area contributed by atoms with E-state index in [0.29, 0.717) is 41.9 Å². The van der Waals surface area contributed by atoms with E-state index in [0.717, 1.165) is 22.8 Å². The second-order valence-corrected chi connectivity index (χ2v) is 6.70. The Balaban J connectivity index is 1.31. The zero-order chi connectivity index (χ0) is 20.1. The Morgan fingerprint density at radius 3 is 2.69 bits per heavy atom. The number of benzene rings is 1. The van der Waals surface area contributed by atoms with E-state index < -0.39 is 0 Å². The number of fused-ring (bicyclic) bond motifs is 1. The summed E-state index contributed by atoms with van der Waals surface area (Å²) in [6.45, 7) is 2.78. The summed E-state index contributed by atoms with van der Waals surface area (Å²) in [6.07, 6.45) is 1.71. The van der Waals surface area contributed by atoms with E-state index in [1.165, 1.54) is 0 Å². The Hall–Kier alpha value is -3.66. The highest BCUT2D eigenvalue weighted by Gasteiger charge is 2.08. The molecule has 0 unspecified atom stereocenters. The van der Waals surface area contributed by atoms with Gasteiger partial charge in [-0.25, -0.2) is 15.0 Å². The lowest BCUT2D eigenvalue weighted by atomic mass is 10.2. The molecule has 9 nitrogen and oxygen atoms in total. The number of carbonyl (C=O) groups excluding carboxylic acids is 1. The smallest absolute Gasteiger partial charge is 0.251 e. The van der Waals surface area contributed by atoms with E-state index in [1.807, 2.05) is 25.1 Å². The van der Waals surface area contributed by atoms with Crippen LogP contribution in [0.1, 0.15) is 16.2 Å². The molecule has 0 aliphatic rings. The van der Waals surface area contributed by atoms with Crippen LogP contribution in [0.5, 0.6) is 0 Å². The van der Waals surface area contributed by atoms with Crippen molar-refractivity contribution in [1.29, 1.82) is 0 Å². The average molecular weight is 406 g/mol. The van der Waals surface area contributed by atoms with Gasteiger partial charge in [0.15, 0.2) is 0 Å². The van der Waals surface area contributed by atoms with Crippen molar-refractivity contribution in [2.75, 3.05) is 23.7 Å². The van der Waals surface area contributed by atoms with Gasteiger partial charge >= 0.3 is 0 Å². The van der Waals surface area contributed by atoms with Crippen LogP contribution in [0.25, 0.3) is 11.0 Å². The number of hydrogen-bond donors (Lipinski definition) is 3. The van der Waals surface area contributed by atoms with E-state index in [4.69, 9.17) is 0 Å². The van der Waals surface area contributed by atoms with E-state index in [2.05, 4.69) is 39.6 Å². The average Bonchev–Trinajstić information content (AvgIpc) is 3.19. The highest BCUT2D eigenvalue weighted by molar-refractivity contribution is 7.00. The van der Waals surface area contributed by atoms with Crippen LogP contribution in [0.2, 0.25) is 0 Å². The van der Waals surface area contributed by atoms with E-state index in [9.17, 15) is 4.79 Å². The third kappa shape index (κ3) is 4.79. The van der Waals surface area contributed by atoms with Crippen molar-refractivity contribution in [1.82, 2.24) is 29.0 Å². The number of pyridine rings is 1. The summed E-state index contributed by atoms with van der Waals surface area (Å²) in [5.41, 5.74) is 2.08. The molecular formula is C19H18N8OS. The molecule has 3 heterocycles. The van der Waals surface area contributed by atoms with Gasteiger partial charge in [0, 0.05) is 30.9 Å². The number of anilines is 3. The first-order chi connectivity index (χ1) is 14.2. The van der Waals surface area contributed by atoms with Crippen LogP contribution in [0, 0.1) is 6.92 Å². The molecule has 29 heavy (non-hydrogen) atoms. The first kappa shape index (κ1) is 18.7. The molecule has 3 N–H and O–H groups in total. The van der Waals surface area contributed by atoms with Crippen molar-refractivity contribution in [2.24, 2.45) is 0 Å². The van der Waals surface area contributed by atoms with E-state index >= 15 is 0 Å². The number of aromatic nitrogens is 5. The van der Waals surface area contributed by atoms with Crippen molar-refractivity contribution < 1.29 is 4.79 Å². The van der Waals surface area contributed by atoms with Crippen LogP contribution in [-0.2, 0) is 0 Å². The third-order valence-electron chi connectivity index (χ3n) is 3.99. The number of aryl methyl sites for hydroxylation is 1. The highest BCUT2D eigenvalue weighted by Crippen LogP contribution is 2.15. The maximum Gasteiger partial charge on any atom is 0.251 e. The third-order valence-corrected chi connectivity index (χ3v) is 4.55. The Kier molecular flexibility index (Phi) is 5.52. The number of rotatable bonds is 7. The van der Waals surface area contributed by atoms with E-state index in [1.54, 1.807) is 30.5 Å². The number of nitrogens with zero attached hydrogens (tertiary/aromatic N) is 5. The molecule has 0 saturated carbocycles. The minimum atomic E-state index is -0.155. The number of nitrogens with one attached hydrogen (secondary N) is 3. The second-order valence-electron chi connectivity index (χ2n) is 6.18. The van der Waals surface area contributed by atoms with Gasteiger partial charge in [-0.2, -0.15) is 8.75 Å². The largest absolute Gasteiger partial charge is 0.368 e. The highest BCUT2D eigenvalue weighted by atomic mass is 32.1. The number of amides is 1. The van der Waals surface area contributed by atoms with Crippen LogP contribution in [0.15, 0.2) is 48.7 Å². The quantitative estimate of drug-likeness (QED) is 0.401. The molecule has 1 amide bonds. The minimum absolute atomic E-state index is 0.155. The van der Waals surface area contributed by atoms with Crippen LogP contribution < -0.4 is 16.0 Å². The molecule has 4 rings (SSSR count). The molecule has 0 radical (unpaired) electrons.